The topological polar surface area (TPSA) is 49.4 Å². The highest BCUT2D eigenvalue weighted by atomic mass is 32.2. The zero-order valence-electron chi connectivity index (χ0n) is 10.7. The van der Waals surface area contributed by atoms with Crippen molar-refractivity contribution in [1.82, 2.24) is 10.2 Å². The molecule has 2 aliphatic rings. The lowest BCUT2D eigenvalue weighted by Crippen LogP contribution is -2.43. The van der Waals surface area contributed by atoms with Crippen molar-refractivity contribution in [3.63, 3.8) is 0 Å². The molecule has 1 N–H and O–H groups in total. The smallest absolute Gasteiger partial charge is 0.150 e. The third kappa shape index (κ3) is 4.23. The van der Waals surface area contributed by atoms with Gasteiger partial charge >= 0.3 is 0 Å². The molecule has 0 aromatic carbocycles. The Balaban J connectivity index is 1.68. The molecule has 0 amide bonds. The van der Waals surface area contributed by atoms with Crippen molar-refractivity contribution < 1.29 is 8.42 Å². The predicted octanol–water partition coefficient (Wildman–Crippen LogP) is 0.495. The second kappa shape index (κ2) is 5.67. The Morgan fingerprint density at radius 2 is 1.94 bits per heavy atom. The van der Waals surface area contributed by atoms with Gasteiger partial charge in [0.2, 0.25) is 0 Å². The molecule has 1 atom stereocenters. The molecule has 0 aromatic heterocycles. The van der Waals surface area contributed by atoms with E-state index in [0.717, 1.165) is 25.3 Å². The summed E-state index contributed by atoms with van der Waals surface area (Å²) in [7, 11) is -0.536. The van der Waals surface area contributed by atoms with E-state index in [1.807, 2.05) is 0 Å². The first-order valence-corrected chi connectivity index (χ1v) is 8.50. The third-order valence-corrected chi connectivity index (χ3v) is 5.69. The van der Waals surface area contributed by atoms with Crippen LogP contribution in [0, 0.1) is 5.92 Å². The molecule has 0 aromatic rings. The van der Waals surface area contributed by atoms with Crippen LogP contribution in [0.15, 0.2) is 0 Å². The zero-order chi connectivity index (χ0) is 12.3. The van der Waals surface area contributed by atoms with E-state index in [-0.39, 0.29) is 0 Å². The molecule has 2 aliphatic heterocycles. The second-order valence-corrected chi connectivity index (χ2v) is 7.91. The van der Waals surface area contributed by atoms with Gasteiger partial charge in [-0.05, 0) is 51.7 Å². The second-order valence-electron chi connectivity index (χ2n) is 5.60. The Morgan fingerprint density at radius 1 is 1.24 bits per heavy atom. The fourth-order valence-electron chi connectivity index (χ4n) is 2.87. The van der Waals surface area contributed by atoms with Crippen LogP contribution in [-0.4, -0.2) is 57.5 Å². The average Bonchev–Trinajstić information content (AvgIpc) is 2.28. The van der Waals surface area contributed by atoms with Gasteiger partial charge in [0.1, 0.15) is 9.84 Å². The fourth-order valence-corrected chi connectivity index (χ4v) is 4.36. The highest BCUT2D eigenvalue weighted by molar-refractivity contribution is 7.91. The molecule has 2 rings (SSSR count). The van der Waals surface area contributed by atoms with Crippen LogP contribution < -0.4 is 5.32 Å². The van der Waals surface area contributed by atoms with Crippen LogP contribution in [0.25, 0.3) is 0 Å². The summed E-state index contributed by atoms with van der Waals surface area (Å²) >= 11 is 0. The van der Waals surface area contributed by atoms with Crippen LogP contribution in [0.1, 0.15) is 25.7 Å². The lowest BCUT2D eigenvalue weighted by molar-refractivity contribution is 0.201. The number of piperidine rings is 1. The highest BCUT2D eigenvalue weighted by Crippen LogP contribution is 2.16. The van der Waals surface area contributed by atoms with E-state index in [9.17, 15) is 8.42 Å². The molecular weight excluding hydrogens is 236 g/mol. The van der Waals surface area contributed by atoms with Crippen molar-refractivity contribution in [3.8, 4) is 0 Å². The largest absolute Gasteiger partial charge is 0.314 e. The minimum absolute atomic E-state index is 0.370. The van der Waals surface area contributed by atoms with Crippen molar-refractivity contribution in [2.24, 2.45) is 5.92 Å². The first kappa shape index (κ1) is 13.3. The molecule has 2 saturated heterocycles. The summed E-state index contributed by atoms with van der Waals surface area (Å²) < 4.78 is 22.6. The van der Waals surface area contributed by atoms with Crippen molar-refractivity contribution >= 4 is 9.84 Å². The van der Waals surface area contributed by atoms with Crippen LogP contribution in [0.2, 0.25) is 0 Å². The lowest BCUT2D eigenvalue weighted by atomic mass is 9.98. The van der Waals surface area contributed by atoms with Gasteiger partial charge < -0.3 is 10.2 Å². The number of rotatable bonds is 3. The molecule has 0 aliphatic carbocycles. The zero-order valence-corrected chi connectivity index (χ0v) is 11.5. The summed E-state index contributed by atoms with van der Waals surface area (Å²) in [6.07, 6.45) is 4.19. The molecule has 100 valence electrons. The van der Waals surface area contributed by atoms with E-state index in [4.69, 9.17) is 0 Å². The number of hydrogen-bond acceptors (Lipinski definition) is 4. The molecule has 4 nitrogen and oxygen atoms in total. The predicted molar refractivity (Wildman–Crippen MR) is 69.9 cm³/mol. The Bertz CT molecular complexity index is 328. The van der Waals surface area contributed by atoms with Crippen LogP contribution in [0.3, 0.4) is 0 Å². The van der Waals surface area contributed by atoms with E-state index < -0.39 is 9.84 Å². The summed E-state index contributed by atoms with van der Waals surface area (Å²) in [5, 5.41) is 3.56. The molecular formula is C12H24N2O2S. The molecule has 1 unspecified atom stereocenters. The van der Waals surface area contributed by atoms with Crippen LogP contribution in [0.5, 0.6) is 0 Å². The summed E-state index contributed by atoms with van der Waals surface area (Å²) in [5.41, 5.74) is 0. The number of likely N-dealkylation sites (tertiary alicyclic amines) is 1. The van der Waals surface area contributed by atoms with Crippen LogP contribution in [0.4, 0.5) is 0 Å². The average molecular weight is 260 g/mol. The van der Waals surface area contributed by atoms with Gasteiger partial charge in [-0.1, -0.05) is 0 Å². The van der Waals surface area contributed by atoms with E-state index in [1.165, 1.54) is 25.9 Å². The van der Waals surface area contributed by atoms with Gasteiger partial charge in [-0.3, -0.25) is 0 Å². The standard InChI is InChI=1S/C12H24N2O2S/c1-14-6-2-3-11(10-14)9-13-12-4-7-17(15,16)8-5-12/h11-13H,2-10H2,1H3. The minimum atomic E-state index is -2.72. The summed E-state index contributed by atoms with van der Waals surface area (Å²) in [6, 6.07) is 0.422. The molecule has 0 radical (unpaired) electrons. The minimum Gasteiger partial charge on any atom is -0.314 e. The normalized spacial score (nSPS) is 31.5. The van der Waals surface area contributed by atoms with Gasteiger partial charge in [0.15, 0.2) is 0 Å². The summed E-state index contributed by atoms with van der Waals surface area (Å²) in [5.74, 6) is 1.48. The monoisotopic (exact) mass is 260 g/mol. The van der Waals surface area contributed by atoms with Crippen molar-refractivity contribution in [1.29, 1.82) is 0 Å². The van der Waals surface area contributed by atoms with Gasteiger partial charge in [0, 0.05) is 12.6 Å². The van der Waals surface area contributed by atoms with Gasteiger partial charge in [0.25, 0.3) is 0 Å². The first-order valence-electron chi connectivity index (χ1n) is 6.67. The number of hydrogen-bond donors (Lipinski definition) is 1. The van der Waals surface area contributed by atoms with Gasteiger partial charge in [0.05, 0.1) is 11.5 Å². The van der Waals surface area contributed by atoms with Crippen molar-refractivity contribution in [3.05, 3.63) is 0 Å². The van der Waals surface area contributed by atoms with E-state index in [1.54, 1.807) is 0 Å². The summed E-state index contributed by atoms with van der Waals surface area (Å²) in [6.45, 7) is 3.45. The Hall–Kier alpha value is -0.130. The van der Waals surface area contributed by atoms with E-state index in [2.05, 4.69) is 17.3 Å². The maximum Gasteiger partial charge on any atom is 0.150 e. The molecule has 2 heterocycles. The Labute approximate surface area is 105 Å². The Kier molecular flexibility index (Phi) is 4.44. The number of nitrogens with zero attached hydrogens (tertiary/aromatic N) is 1. The SMILES string of the molecule is CN1CCCC(CNC2CCS(=O)(=O)CC2)C1. The molecule has 5 heteroatoms. The maximum absolute atomic E-state index is 11.3. The maximum atomic E-state index is 11.3. The van der Waals surface area contributed by atoms with Crippen LogP contribution in [-0.2, 0) is 9.84 Å². The number of nitrogens with one attached hydrogen (secondary N) is 1. The lowest BCUT2D eigenvalue weighted by Gasteiger charge is -2.32. The van der Waals surface area contributed by atoms with Crippen molar-refractivity contribution in [2.75, 3.05) is 38.2 Å². The Morgan fingerprint density at radius 3 is 2.59 bits per heavy atom. The molecule has 2 fully saturated rings. The van der Waals surface area contributed by atoms with Crippen molar-refractivity contribution in [2.45, 2.75) is 31.7 Å². The molecule has 0 spiro atoms. The van der Waals surface area contributed by atoms with Crippen LogP contribution >= 0.6 is 0 Å². The van der Waals surface area contributed by atoms with E-state index in [0.29, 0.717) is 17.5 Å². The molecule has 17 heavy (non-hydrogen) atoms. The van der Waals surface area contributed by atoms with Gasteiger partial charge in [-0.2, -0.15) is 0 Å². The van der Waals surface area contributed by atoms with Gasteiger partial charge in [-0.15, -0.1) is 0 Å². The molecule has 0 saturated carbocycles. The first-order chi connectivity index (χ1) is 8.05. The van der Waals surface area contributed by atoms with Gasteiger partial charge in [-0.25, -0.2) is 8.42 Å². The number of sulfone groups is 1. The van der Waals surface area contributed by atoms with E-state index >= 15 is 0 Å². The highest BCUT2D eigenvalue weighted by Gasteiger charge is 2.24. The fraction of sp³-hybridized carbons (Fsp3) is 1.00. The third-order valence-electron chi connectivity index (χ3n) is 3.97. The quantitative estimate of drug-likeness (QED) is 0.802. The summed E-state index contributed by atoms with van der Waals surface area (Å²) in [4.78, 5) is 2.39. The molecule has 0 bridgehead atoms.